The molecule has 0 bridgehead atoms. The van der Waals surface area contributed by atoms with Crippen molar-refractivity contribution in [2.75, 3.05) is 17.5 Å². The van der Waals surface area contributed by atoms with Gasteiger partial charge in [-0.25, -0.2) is 21.6 Å². The third kappa shape index (κ3) is 6.49. The topological polar surface area (TPSA) is 92.3 Å². The van der Waals surface area contributed by atoms with Gasteiger partial charge in [0.2, 0.25) is 20.0 Å². The van der Waals surface area contributed by atoms with Gasteiger partial charge in [-0.3, -0.25) is 4.72 Å². The van der Waals surface area contributed by atoms with Crippen molar-refractivity contribution in [3.63, 3.8) is 0 Å². The van der Waals surface area contributed by atoms with E-state index in [1.54, 1.807) is 36.4 Å². The van der Waals surface area contributed by atoms with Gasteiger partial charge in [0, 0.05) is 12.2 Å². The fourth-order valence-corrected chi connectivity index (χ4v) is 3.89. The van der Waals surface area contributed by atoms with E-state index in [-0.39, 0.29) is 4.90 Å². The molecule has 0 radical (unpaired) electrons. The van der Waals surface area contributed by atoms with Crippen LogP contribution in [0.1, 0.15) is 17.5 Å². The molecule has 0 aliphatic carbocycles. The maximum atomic E-state index is 12.2. The van der Waals surface area contributed by atoms with Crippen molar-refractivity contribution in [2.45, 2.75) is 24.7 Å². The van der Waals surface area contributed by atoms with E-state index in [2.05, 4.69) is 9.44 Å². The summed E-state index contributed by atoms with van der Waals surface area (Å²) in [6.07, 6.45) is 2.43. The Morgan fingerprint density at radius 1 is 0.880 bits per heavy atom. The summed E-state index contributed by atoms with van der Waals surface area (Å²) in [5, 5.41) is 0. The summed E-state index contributed by atoms with van der Waals surface area (Å²) in [6.45, 7) is 2.24. The summed E-state index contributed by atoms with van der Waals surface area (Å²) in [6, 6.07) is 13.7. The van der Waals surface area contributed by atoms with Gasteiger partial charge in [0.25, 0.3) is 0 Å². The number of anilines is 1. The van der Waals surface area contributed by atoms with Gasteiger partial charge in [0.1, 0.15) is 0 Å². The van der Waals surface area contributed by atoms with Gasteiger partial charge < -0.3 is 0 Å². The molecule has 2 N–H and O–H groups in total. The zero-order valence-corrected chi connectivity index (χ0v) is 15.8. The molecule has 0 amide bonds. The van der Waals surface area contributed by atoms with Gasteiger partial charge in [-0.15, -0.1) is 0 Å². The zero-order valence-electron chi connectivity index (χ0n) is 14.2. The van der Waals surface area contributed by atoms with Crippen LogP contribution in [-0.2, 0) is 26.5 Å². The summed E-state index contributed by atoms with van der Waals surface area (Å²) in [7, 11) is -6.77. The molecule has 0 aliphatic heterocycles. The lowest BCUT2D eigenvalue weighted by atomic mass is 10.1. The average Bonchev–Trinajstić information content (AvgIpc) is 2.52. The lowest BCUT2D eigenvalue weighted by Crippen LogP contribution is -2.25. The number of benzene rings is 2. The molecule has 0 spiro atoms. The Hall–Kier alpha value is -1.90. The number of nitrogens with one attached hydrogen (secondary N) is 2. The predicted molar refractivity (Wildman–Crippen MR) is 99.6 cm³/mol. The lowest BCUT2D eigenvalue weighted by Gasteiger charge is -2.08. The van der Waals surface area contributed by atoms with Gasteiger partial charge in [0.05, 0.1) is 11.2 Å². The standard InChI is InChI=1S/C17H22N2O4S2/c1-14-5-11-17(12-6-14)25(22,23)18-13-3-4-15-7-9-16(10-8-15)19-24(2,20)21/h5-12,18-19H,3-4,13H2,1-2H3. The third-order valence-corrected chi connectivity index (χ3v) is 5.61. The molecular formula is C17H22N2O4S2. The lowest BCUT2D eigenvalue weighted by molar-refractivity contribution is 0.579. The van der Waals surface area contributed by atoms with Gasteiger partial charge in [0.15, 0.2) is 0 Å². The van der Waals surface area contributed by atoms with E-state index >= 15 is 0 Å². The smallest absolute Gasteiger partial charge is 0.240 e. The second-order valence-electron chi connectivity index (χ2n) is 5.89. The Morgan fingerprint density at radius 2 is 1.48 bits per heavy atom. The molecule has 0 atom stereocenters. The summed E-state index contributed by atoms with van der Waals surface area (Å²) in [4.78, 5) is 0.259. The van der Waals surface area contributed by atoms with E-state index in [0.717, 1.165) is 17.4 Å². The first-order valence-electron chi connectivity index (χ1n) is 7.79. The van der Waals surface area contributed by atoms with Crippen LogP contribution >= 0.6 is 0 Å². The number of aryl methyl sites for hydroxylation is 2. The Morgan fingerprint density at radius 3 is 2.04 bits per heavy atom. The Labute approximate surface area is 149 Å². The highest BCUT2D eigenvalue weighted by atomic mass is 32.2. The largest absolute Gasteiger partial charge is 0.284 e. The van der Waals surface area contributed by atoms with Crippen molar-refractivity contribution in [1.82, 2.24) is 4.72 Å². The van der Waals surface area contributed by atoms with Crippen molar-refractivity contribution < 1.29 is 16.8 Å². The first-order chi connectivity index (χ1) is 11.7. The molecule has 25 heavy (non-hydrogen) atoms. The molecular weight excluding hydrogens is 360 g/mol. The van der Waals surface area contributed by atoms with Crippen molar-refractivity contribution in [3.8, 4) is 0 Å². The molecule has 0 fully saturated rings. The quantitative estimate of drug-likeness (QED) is 0.685. The SMILES string of the molecule is Cc1ccc(S(=O)(=O)NCCCc2ccc(NS(C)(=O)=O)cc2)cc1. The second kappa shape index (κ2) is 7.99. The number of hydrogen-bond donors (Lipinski definition) is 2. The van der Waals surface area contributed by atoms with Crippen molar-refractivity contribution in [3.05, 3.63) is 59.7 Å². The van der Waals surface area contributed by atoms with Gasteiger partial charge >= 0.3 is 0 Å². The van der Waals surface area contributed by atoms with E-state index in [0.29, 0.717) is 25.1 Å². The highest BCUT2D eigenvalue weighted by Crippen LogP contribution is 2.13. The first-order valence-corrected chi connectivity index (χ1v) is 11.2. The van der Waals surface area contributed by atoms with E-state index in [4.69, 9.17) is 0 Å². The van der Waals surface area contributed by atoms with Crippen molar-refractivity contribution in [1.29, 1.82) is 0 Å². The molecule has 0 heterocycles. The highest BCUT2D eigenvalue weighted by Gasteiger charge is 2.12. The minimum atomic E-state index is -3.49. The summed E-state index contributed by atoms with van der Waals surface area (Å²) in [5.41, 5.74) is 2.52. The molecule has 0 aliphatic rings. The third-order valence-electron chi connectivity index (χ3n) is 3.52. The van der Waals surface area contributed by atoms with E-state index in [9.17, 15) is 16.8 Å². The highest BCUT2D eigenvalue weighted by molar-refractivity contribution is 7.92. The van der Waals surface area contributed by atoms with E-state index in [1.165, 1.54) is 0 Å². The molecule has 136 valence electrons. The normalized spacial score (nSPS) is 12.1. The van der Waals surface area contributed by atoms with Crippen molar-refractivity contribution >= 4 is 25.7 Å². The molecule has 2 aromatic carbocycles. The molecule has 0 unspecified atom stereocenters. The van der Waals surface area contributed by atoms with Crippen LogP contribution in [0, 0.1) is 6.92 Å². The van der Waals surface area contributed by atoms with Crippen LogP contribution < -0.4 is 9.44 Å². The van der Waals surface area contributed by atoms with E-state index < -0.39 is 20.0 Å². The Balaban J connectivity index is 1.83. The van der Waals surface area contributed by atoms with Crippen LogP contribution in [0.3, 0.4) is 0 Å². The minimum absolute atomic E-state index is 0.259. The van der Waals surface area contributed by atoms with Crippen LogP contribution in [-0.4, -0.2) is 29.6 Å². The minimum Gasteiger partial charge on any atom is -0.284 e. The first kappa shape index (κ1) is 19.4. The number of hydrogen-bond acceptors (Lipinski definition) is 4. The summed E-state index contributed by atoms with van der Waals surface area (Å²) in [5.74, 6) is 0. The monoisotopic (exact) mass is 382 g/mol. The molecule has 6 nitrogen and oxygen atoms in total. The van der Waals surface area contributed by atoms with E-state index in [1.807, 2.05) is 19.1 Å². The molecule has 2 rings (SSSR count). The molecule has 2 aromatic rings. The van der Waals surface area contributed by atoms with Crippen LogP contribution in [0.25, 0.3) is 0 Å². The fraction of sp³-hybridized carbons (Fsp3) is 0.294. The molecule has 8 heteroatoms. The number of rotatable bonds is 8. The van der Waals surface area contributed by atoms with Gasteiger partial charge in [-0.2, -0.15) is 0 Å². The van der Waals surface area contributed by atoms with Gasteiger partial charge in [-0.1, -0.05) is 29.8 Å². The van der Waals surface area contributed by atoms with Crippen LogP contribution in [0.15, 0.2) is 53.4 Å². The van der Waals surface area contributed by atoms with Crippen molar-refractivity contribution in [2.24, 2.45) is 0 Å². The molecule has 0 saturated carbocycles. The summed E-state index contributed by atoms with van der Waals surface area (Å²) < 4.78 is 51.6. The maximum Gasteiger partial charge on any atom is 0.240 e. The molecule has 0 saturated heterocycles. The maximum absolute atomic E-state index is 12.2. The zero-order chi connectivity index (χ0) is 18.5. The summed E-state index contributed by atoms with van der Waals surface area (Å²) >= 11 is 0. The fourth-order valence-electron chi connectivity index (χ4n) is 2.25. The predicted octanol–water partition coefficient (Wildman–Crippen LogP) is 2.28. The Bertz CT molecular complexity index is 904. The van der Waals surface area contributed by atoms with Crippen LogP contribution in [0.2, 0.25) is 0 Å². The van der Waals surface area contributed by atoms with Gasteiger partial charge in [-0.05, 0) is 49.6 Å². The Kier molecular flexibility index (Phi) is 6.21. The second-order valence-corrected chi connectivity index (χ2v) is 9.40. The van der Waals surface area contributed by atoms with Crippen LogP contribution in [0.5, 0.6) is 0 Å². The number of sulfonamides is 2. The molecule has 0 aromatic heterocycles. The average molecular weight is 383 g/mol. The van der Waals surface area contributed by atoms with Crippen LogP contribution in [0.4, 0.5) is 5.69 Å².